The number of aliphatic hydroxyl groups excluding tert-OH is 1. The second kappa shape index (κ2) is 10.1. The number of benzene rings is 3. The number of nitrogens with zero attached hydrogens (tertiary/aromatic N) is 4. The number of carbonyl (C=O) groups excluding carboxylic acids is 1. The Morgan fingerprint density at radius 2 is 2.13 bits per heavy atom. The molecule has 192 valence electrons. The fourth-order valence-corrected chi connectivity index (χ4v) is 5.24. The van der Waals surface area contributed by atoms with Gasteiger partial charge in [-0.3, -0.25) is 10.1 Å². The summed E-state index contributed by atoms with van der Waals surface area (Å²) in [7, 11) is 0. The molecule has 0 bridgehead atoms. The lowest BCUT2D eigenvalue weighted by atomic mass is 9.87. The van der Waals surface area contributed by atoms with E-state index in [1.807, 2.05) is 6.07 Å². The van der Waals surface area contributed by atoms with Crippen molar-refractivity contribution in [1.29, 1.82) is 0 Å². The largest absolute Gasteiger partial charge is 0.493 e. The van der Waals surface area contributed by atoms with Crippen LogP contribution < -0.4 is 14.8 Å². The molecule has 0 saturated heterocycles. The number of hydrogen-bond acceptors (Lipinski definition) is 9. The Balaban J connectivity index is 1.13. The third kappa shape index (κ3) is 5.04. The highest BCUT2D eigenvalue weighted by atomic mass is 32.1. The van der Waals surface area contributed by atoms with Gasteiger partial charge in [-0.25, -0.2) is 14.5 Å². The molecular formula is C26H21FN6O4S. The molecule has 2 unspecified atom stereocenters. The molecule has 38 heavy (non-hydrogen) atoms. The topological polar surface area (TPSA) is 135 Å². The first kappa shape index (κ1) is 23.9. The van der Waals surface area contributed by atoms with Gasteiger partial charge in [0.15, 0.2) is 0 Å². The highest BCUT2D eigenvalue weighted by Crippen LogP contribution is 2.39. The lowest BCUT2D eigenvalue weighted by Gasteiger charge is -2.30. The number of aromatic amines is 1. The van der Waals surface area contributed by atoms with E-state index < -0.39 is 6.10 Å². The number of carbonyl (C=O) groups is 1. The SMILES string of the molecule is O=C(Nc1nnn[nH]1)c1cccc(CC2COc3ccc(OCc4nc5cc(F)ccc5s4)cc3C2O)c1. The Morgan fingerprint density at radius 1 is 1.21 bits per heavy atom. The molecule has 1 amide bonds. The number of nitrogens with one attached hydrogen (secondary N) is 2. The van der Waals surface area contributed by atoms with Crippen molar-refractivity contribution < 1.29 is 23.8 Å². The standard InChI is InChI=1S/C26H21FN6O4S/c27-17-4-7-22-20(10-17)28-23(38-22)13-36-18-5-6-21-19(11-18)24(34)16(12-37-21)9-14-2-1-3-15(8-14)25(35)29-26-30-32-33-31-26/h1-8,10-11,16,24,34H,9,12-13H2,(H2,29,30,31,32,33,35). The lowest BCUT2D eigenvalue weighted by molar-refractivity contribution is 0.0504. The molecule has 0 spiro atoms. The number of H-pyrrole nitrogens is 1. The number of rotatable bonds is 7. The molecule has 10 nitrogen and oxygen atoms in total. The van der Waals surface area contributed by atoms with Gasteiger partial charge in [0.25, 0.3) is 5.91 Å². The first-order valence-electron chi connectivity index (χ1n) is 11.8. The van der Waals surface area contributed by atoms with E-state index in [0.717, 1.165) is 15.3 Å². The molecule has 1 aliphatic heterocycles. The van der Waals surface area contributed by atoms with Crippen molar-refractivity contribution in [1.82, 2.24) is 25.6 Å². The van der Waals surface area contributed by atoms with Crippen molar-refractivity contribution in [2.45, 2.75) is 19.1 Å². The van der Waals surface area contributed by atoms with Crippen molar-refractivity contribution in [3.05, 3.63) is 88.2 Å². The van der Waals surface area contributed by atoms with Crippen LogP contribution in [0, 0.1) is 11.7 Å². The number of anilines is 1. The van der Waals surface area contributed by atoms with Gasteiger partial charge in [0.2, 0.25) is 5.95 Å². The van der Waals surface area contributed by atoms with Crippen molar-refractivity contribution in [2.75, 3.05) is 11.9 Å². The molecule has 0 radical (unpaired) electrons. The van der Waals surface area contributed by atoms with E-state index in [1.54, 1.807) is 42.5 Å². The van der Waals surface area contributed by atoms with Crippen LogP contribution in [0.2, 0.25) is 0 Å². The molecule has 0 fully saturated rings. The maximum atomic E-state index is 13.5. The summed E-state index contributed by atoms with van der Waals surface area (Å²) >= 11 is 1.44. The van der Waals surface area contributed by atoms with Crippen LogP contribution in [0.4, 0.5) is 10.3 Å². The van der Waals surface area contributed by atoms with Crippen LogP contribution >= 0.6 is 11.3 Å². The Hall–Kier alpha value is -4.42. The van der Waals surface area contributed by atoms with E-state index in [0.29, 0.717) is 41.2 Å². The van der Waals surface area contributed by atoms with E-state index in [9.17, 15) is 14.3 Å². The second-order valence-corrected chi connectivity index (χ2v) is 9.95. The zero-order valence-electron chi connectivity index (χ0n) is 19.8. The van der Waals surface area contributed by atoms with Crippen LogP contribution in [0.15, 0.2) is 60.7 Å². The average molecular weight is 533 g/mol. The Kier molecular flexibility index (Phi) is 6.40. The number of aromatic nitrogens is 5. The molecule has 2 aromatic heterocycles. The summed E-state index contributed by atoms with van der Waals surface area (Å²) in [6.45, 7) is 0.552. The minimum atomic E-state index is -0.787. The number of hydrogen-bond donors (Lipinski definition) is 3. The Labute approximate surface area is 219 Å². The van der Waals surface area contributed by atoms with Crippen molar-refractivity contribution in [3.63, 3.8) is 0 Å². The molecule has 12 heteroatoms. The van der Waals surface area contributed by atoms with Gasteiger partial charge in [-0.15, -0.1) is 11.3 Å². The quantitative estimate of drug-likeness (QED) is 0.286. The summed E-state index contributed by atoms with van der Waals surface area (Å²) in [5.41, 5.74) is 2.56. The maximum absolute atomic E-state index is 13.5. The van der Waals surface area contributed by atoms with Crippen molar-refractivity contribution >= 4 is 33.4 Å². The van der Waals surface area contributed by atoms with E-state index in [2.05, 4.69) is 30.9 Å². The van der Waals surface area contributed by atoms with Crippen molar-refractivity contribution in [2.24, 2.45) is 5.92 Å². The van der Waals surface area contributed by atoms with E-state index in [4.69, 9.17) is 9.47 Å². The maximum Gasteiger partial charge on any atom is 0.258 e. The highest BCUT2D eigenvalue weighted by Gasteiger charge is 2.30. The number of aliphatic hydroxyl groups is 1. The van der Waals surface area contributed by atoms with E-state index in [1.165, 1.54) is 23.5 Å². The van der Waals surface area contributed by atoms with Crippen LogP contribution in [-0.2, 0) is 13.0 Å². The molecule has 5 aromatic rings. The lowest BCUT2D eigenvalue weighted by Crippen LogP contribution is -2.27. The van der Waals surface area contributed by atoms with Crippen molar-refractivity contribution in [3.8, 4) is 11.5 Å². The van der Waals surface area contributed by atoms with Gasteiger partial charge in [0.05, 0.1) is 22.9 Å². The number of thiazole rings is 1. The van der Waals surface area contributed by atoms with Crippen LogP contribution in [0.5, 0.6) is 11.5 Å². The molecule has 1 aliphatic rings. The fourth-order valence-electron chi connectivity index (χ4n) is 4.38. The fraction of sp³-hybridized carbons (Fsp3) is 0.192. The van der Waals surface area contributed by atoms with Gasteiger partial charge in [-0.1, -0.05) is 17.2 Å². The van der Waals surface area contributed by atoms with Gasteiger partial charge >= 0.3 is 0 Å². The summed E-state index contributed by atoms with van der Waals surface area (Å²) in [5, 5.41) is 27.5. The first-order chi connectivity index (χ1) is 18.5. The molecule has 3 N–H and O–H groups in total. The van der Waals surface area contributed by atoms with Crippen LogP contribution in [0.25, 0.3) is 10.2 Å². The first-order valence-corrected chi connectivity index (χ1v) is 12.6. The highest BCUT2D eigenvalue weighted by molar-refractivity contribution is 7.18. The normalized spacial score (nSPS) is 16.6. The Bertz CT molecular complexity index is 1610. The van der Waals surface area contributed by atoms with Gasteiger partial charge in [0, 0.05) is 23.1 Å². The van der Waals surface area contributed by atoms with E-state index in [-0.39, 0.29) is 30.2 Å². The summed E-state index contributed by atoms with van der Waals surface area (Å²) < 4.78 is 26.2. The number of tetrazole rings is 1. The molecular weight excluding hydrogens is 511 g/mol. The average Bonchev–Trinajstić information content (AvgIpc) is 3.58. The Morgan fingerprint density at radius 3 is 3.00 bits per heavy atom. The molecule has 3 heterocycles. The smallest absolute Gasteiger partial charge is 0.258 e. The van der Waals surface area contributed by atoms with E-state index >= 15 is 0 Å². The van der Waals surface area contributed by atoms with Gasteiger partial charge in [-0.2, -0.15) is 0 Å². The molecule has 6 rings (SSSR count). The van der Waals surface area contributed by atoms with Crippen LogP contribution in [-0.4, -0.2) is 43.2 Å². The number of halogens is 1. The third-order valence-corrected chi connectivity index (χ3v) is 7.23. The third-order valence-electron chi connectivity index (χ3n) is 6.22. The molecule has 0 aliphatic carbocycles. The number of fused-ring (bicyclic) bond motifs is 2. The van der Waals surface area contributed by atoms with Gasteiger partial charge in [-0.05, 0) is 64.9 Å². The zero-order chi connectivity index (χ0) is 26.1. The second-order valence-electron chi connectivity index (χ2n) is 8.83. The molecule has 0 saturated carbocycles. The summed E-state index contributed by atoms with van der Waals surface area (Å²) in [4.78, 5) is 16.9. The predicted molar refractivity (Wildman–Crippen MR) is 137 cm³/mol. The van der Waals surface area contributed by atoms with Gasteiger partial charge < -0.3 is 14.6 Å². The predicted octanol–water partition coefficient (Wildman–Crippen LogP) is 4.06. The molecule has 2 atom stereocenters. The minimum absolute atomic E-state index is 0.156. The minimum Gasteiger partial charge on any atom is -0.493 e. The van der Waals surface area contributed by atoms with Crippen LogP contribution in [0.1, 0.15) is 32.6 Å². The summed E-state index contributed by atoms with van der Waals surface area (Å²) in [6.07, 6.45) is -0.288. The molecule has 3 aromatic carbocycles. The monoisotopic (exact) mass is 532 g/mol. The summed E-state index contributed by atoms with van der Waals surface area (Å²) in [5.74, 6) is 0.420. The zero-order valence-corrected chi connectivity index (χ0v) is 20.6. The van der Waals surface area contributed by atoms with Gasteiger partial charge in [0.1, 0.15) is 28.9 Å². The number of amides is 1. The number of ether oxygens (including phenoxy) is 2. The summed E-state index contributed by atoms with van der Waals surface area (Å²) in [6, 6.07) is 17.0. The van der Waals surface area contributed by atoms with Crippen LogP contribution in [0.3, 0.4) is 0 Å².